The summed E-state index contributed by atoms with van der Waals surface area (Å²) in [6.07, 6.45) is 1.48. The van der Waals surface area contributed by atoms with Crippen LogP contribution in [0.5, 0.6) is 0 Å². The molecule has 0 saturated carbocycles. The summed E-state index contributed by atoms with van der Waals surface area (Å²) >= 11 is 11.6. The van der Waals surface area contributed by atoms with E-state index >= 15 is 0 Å². The quantitative estimate of drug-likeness (QED) is 0.737. The summed E-state index contributed by atoms with van der Waals surface area (Å²) < 4.78 is 13.6. The maximum atomic E-state index is 13.6. The van der Waals surface area contributed by atoms with Crippen molar-refractivity contribution in [2.45, 2.75) is 12.8 Å². The van der Waals surface area contributed by atoms with E-state index in [4.69, 9.17) is 23.2 Å². The smallest absolute Gasteiger partial charge is 0.146 e. The molecule has 0 radical (unpaired) electrons. The third-order valence-electron chi connectivity index (χ3n) is 2.17. The lowest BCUT2D eigenvalue weighted by Gasteiger charge is -2.10. The van der Waals surface area contributed by atoms with Crippen molar-refractivity contribution in [1.82, 2.24) is 4.90 Å². The molecule has 0 amide bonds. The van der Waals surface area contributed by atoms with Crippen molar-refractivity contribution < 1.29 is 4.39 Å². The van der Waals surface area contributed by atoms with E-state index in [2.05, 4.69) is 4.90 Å². The van der Waals surface area contributed by atoms with E-state index in [9.17, 15) is 4.39 Å². The van der Waals surface area contributed by atoms with E-state index < -0.39 is 0 Å². The second-order valence-electron chi connectivity index (χ2n) is 3.73. The van der Waals surface area contributed by atoms with Crippen LogP contribution in [0.2, 0.25) is 10.0 Å². The summed E-state index contributed by atoms with van der Waals surface area (Å²) in [5.74, 6) is -0.386. The second kappa shape index (κ2) is 5.69. The molecule has 0 spiro atoms. The molecule has 0 aromatic heterocycles. The van der Waals surface area contributed by atoms with Gasteiger partial charge in [0.2, 0.25) is 0 Å². The van der Waals surface area contributed by atoms with Gasteiger partial charge in [-0.3, -0.25) is 0 Å². The Morgan fingerprint density at radius 3 is 2.40 bits per heavy atom. The molecule has 1 nitrogen and oxygen atoms in total. The Labute approximate surface area is 99.8 Å². The molecule has 1 aromatic rings. The molecule has 0 aliphatic carbocycles. The van der Waals surface area contributed by atoms with Crippen molar-refractivity contribution in [3.63, 3.8) is 0 Å². The molecule has 0 saturated heterocycles. The number of rotatable bonds is 4. The molecular weight excluding hydrogens is 236 g/mol. The highest BCUT2D eigenvalue weighted by molar-refractivity contribution is 6.33. The Morgan fingerprint density at radius 1 is 1.20 bits per heavy atom. The fraction of sp³-hybridized carbons (Fsp3) is 0.455. The van der Waals surface area contributed by atoms with Gasteiger partial charge in [0.1, 0.15) is 5.82 Å². The van der Waals surface area contributed by atoms with Crippen LogP contribution in [0.1, 0.15) is 12.0 Å². The van der Waals surface area contributed by atoms with E-state index in [1.807, 2.05) is 14.1 Å². The van der Waals surface area contributed by atoms with Gasteiger partial charge in [-0.25, -0.2) is 4.39 Å². The number of benzene rings is 1. The van der Waals surface area contributed by atoms with Crippen molar-refractivity contribution in [2.24, 2.45) is 0 Å². The van der Waals surface area contributed by atoms with Gasteiger partial charge in [-0.05, 0) is 45.6 Å². The molecule has 1 aromatic carbocycles. The van der Waals surface area contributed by atoms with E-state index in [1.165, 1.54) is 6.07 Å². The first-order valence-corrected chi connectivity index (χ1v) is 5.55. The topological polar surface area (TPSA) is 3.24 Å². The van der Waals surface area contributed by atoms with Gasteiger partial charge in [0, 0.05) is 10.6 Å². The minimum Gasteiger partial charge on any atom is -0.309 e. The minimum absolute atomic E-state index is 0.138. The van der Waals surface area contributed by atoms with Gasteiger partial charge < -0.3 is 4.90 Å². The standard InChI is InChI=1S/C11H14Cl2FN/c1-15(2)7-3-4-8-9(12)5-6-10(13)11(8)14/h5-6H,3-4,7H2,1-2H3. The Kier molecular flexibility index (Phi) is 4.84. The zero-order valence-corrected chi connectivity index (χ0v) is 10.4. The Balaban J connectivity index is 2.71. The lowest BCUT2D eigenvalue weighted by molar-refractivity contribution is 0.399. The largest absolute Gasteiger partial charge is 0.309 e. The van der Waals surface area contributed by atoms with Crippen LogP contribution in [0.15, 0.2) is 12.1 Å². The molecule has 0 unspecified atom stereocenters. The Hall–Kier alpha value is -0.310. The first-order valence-electron chi connectivity index (χ1n) is 4.79. The van der Waals surface area contributed by atoms with Crippen LogP contribution < -0.4 is 0 Å². The average Bonchev–Trinajstić information content (AvgIpc) is 2.17. The van der Waals surface area contributed by atoms with Crippen molar-refractivity contribution in [1.29, 1.82) is 0 Å². The van der Waals surface area contributed by atoms with Crippen LogP contribution in [0, 0.1) is 5.82 Å². The highest BCUT2D eigenvalue weighted by atomic mass is 35.5. The van der Waals surface area contributed by atoms with Crippen molar-refractivity contribution in [2.75, 3.05) is 20.6 Å². The van der Waals surface area contributed by atoms with Crippen LogP contribution in [-0.4, -0.2) is 25.5 Å². The van der Waals surface area contributed by atoms with Gasteiger partial charge in [0.25, 0.3) is 0 Å². The molecule has 1 rings (SSSR count). The van der Waals surface area contributed by atoms with Gasteiger partial charge in [0.05, 0.1) is 5.02 Å². The number of halogens is 3. The van der Waals surface area contributed by atoms with Gasteiger partial charge in [-0.15, -0.1) is 0 Å². The normalized spacial score (nSPS) is 11.1. The van der Waals surface area contributed by atoms with E-state index in [0.29, 0.717) is 17.0 Å². The molecule has 0 heterocycles. The number of nitrogens with zero attached hydrogens (tertiary/aromatic N) is 1. The molecular formula is C11H14Cl2FN. The first-order chi connectivity index (χ1) is 7.02. The Bertz CT molecular complexity index is 340. The highest BCUT2D eigenvalue weighted by Gasteiger charge is 2.10. The van der Waals surface area contributed by atoms with E-state index in [0.717, 1.165) is 13.0 Å². The molecule has 15 heavy (non-hydrogen) atoms. The first kappa shape index (κ1) is 12.8. The number of hydrogen-bond donors (Lipinski definition) is 0. The maximum absolute atomic E-state index is 13.6. The van der Waals surface area contributed by atoms with Crippen LogP contribution in [0.25, 0.3) is 0 Å². The third kappa shape index (κ3) is 3.63. The monoisotopic (exact) mass is 249 g/mol. The summed E-state index contributed by atoms with van der Waals surface area (Å²) in [5.41, 5.74) is 0.519. The predicted octanol–water partition coefficient (Wildman–Crippen LogP) is 3.63. The van der Waals surface area contributed by atoms with E-state index in [-0.39, 0.29) is 10.8 Å². The van der Waals surface area contributed by atoms with Crippen LogP contribution in [-0.2, 0) is 6.42 Å². The molecule has 0 fully saturated rings. The van der Waals surface area contributed by atoms with Gasteiger partial charge >= 0.3 is 0 Å². The molecule has 0 bridgehead atoms. The van der Waals surface area contributed by atoms with Gasteiger partial charge in [-0.2, -0.15) is 0 Å². The molecule has 84 valence electrons. The lowest BCUT2D eigenvalue weighted by atomic mass is 10.1. The SMILES string of the molecule is CN(C)CCCc1c(Cl)ccc(Cl)c1F. The second-order valence-corrected chi connectivity index (χ2v) is 4.54. The maximum Gasteiger partial charge on any atom is 0.146 e. The zero-order chi connectivity index (χ0) is 11.4. The fourth-order valence-electron chi connectivity index (χ4n) is 1.37. The van der Waals surface area contributed by atoms with Gasteiger partial charge in [-0.1, -0.05) is 23.2 Å². The molecule has 0 aliphatic heterocycles. The molecule has 0 aliphatic rings. The lowest BCUT2D eigenvalue weighted by Crippen LogP contribution is -2.13. The van der Waals surface area contributed by atoms with E-state index in [1.54, 1.807) is 6.07 Å². The summed E-state index contributed by atoms with van der Waals surface area (Å²) in [6.45, 7) is 0.905. The molecule has 0 atom stereocenters. The fourth-order valence-corrected chi connectivity index (χ4v) is 1.79. The summed E-state index contributed by atoms with van der Waals surface area (Å²) in [4.78, 5) is 2.05. The molecule has 0 N–H and O–H groups in total. The van der Waals surface area contributed by atoms with Crippen LogP contribution in [0.4, 0.5) is 4.39 Å². The van der Waals surface area contributed by atoms with Crippen molar-refractivity contribution >= 4 is 23.2 Å². The van der Waals surface area contributed by atoms with Crippen LogP contribution in [0.3, 0.4) is 0 Å². The third-order valence-corrected chi connectivity index (χ3v) is 2.82. The predicted molar refractivity (Wildman–Crippen MR) is 63.3 cm³/mol. The van der Waals surface area contributed by atoms with Gasteiger partial charge in [0.15, 0.2) is 0 Å². The zero-order valence-electron chi connectivity index (χ0n) is 8.86. The van der Waals surface area contributed by atoms with Crippen molar-refractivity contribution in [3.05, 3.63) is 33.6 Å². The summed E-state index contributed by atoms with van der Waals surface area (Å²) in [5, 5.41) is 0.593. The summed E-state index contributed by atoms with van der Waals surface area (Å²) in [6, 6.07) is 3.12. The number of hydrogen-bond acceptors (Lipinski definition) is 1. The van der Waals surface area contributed by atoms with Crippen molar-refractivity contribution in [3.8, 4) is 0 Å². The average molecular weight is 250 g/mol. The molecule has 4 heteroatoms. The summed E-state index contributed by atoms with van der Waals surface area (Å²) in [7, 11) is 3.96. The Morgan fingerprint density at radius 2 is 1.80 bits per heavy atom. The van der Waals surface area contributed by atoms with Crippen LogP contribution >= 0.6 is 23.2 Å². The highest BCUT2D eigenvalue weighted by Crippen LogP contribution is 2.26. The minimum atomic E-state index is -0.386.